The first-order chi connectivity index (χ1) is 10.9. The Morgan fingerprint density at radius 2 is 0.909 bits per heavy atom. The predicted octanol–water partition coefficient (Wildman–Crippen LogP) is 5.93. The third kappa shape index (κ3) is 4.73. The first kappa shape index (κ1) is 16.8. The summed E-state index contributed by atoms with van der Waals surface area (Å²) < 4.78 is 0. The number of rotatable bonds is 2. The topological polar surface area (TPSA) is 12.0 Å². The minimum absolute atomic E-state index is 1.01. The molecule has 3 rings (SSSR count). The average molecular weight is 306 g/mol. The summed E-state index contributed by atoms with van der Waals surface area (Å²) in [5, 5.41) is 3.77. The van der Waals surface area contributed by atoms with Crippen LogP contribution >= 0.6 is 0 Å². The van der Waals surface area contributed by atoms with Gasteiger partial charge in [-0.25, -0.2) is 0 Å². The lowest BCUT2D eigenvalue weighted by molar-refractivity contribution is 0.0891. The minimum Gasteiger partial charge on any atom is -0.316 e. The SMILES string of the molecule is C1CCCC(C2CCNCC2C2CCCCCCC2)CCC1. The molecule has 2 atom stereocenters. The van der Waals surface area contributed by atoms with Crippen LogP contribution in [0.4, 0.5) is 0 Å². The van der Waals surface area contributed by atoms with Crippen molar-refractivity contribution in [2.75, 3.05) is 13.1 Å². The fraction of sp³-hybridized carbons (Fsp3) is 1.00. The van der Waals surface area contributed by atoms with Crippen molar-refractivity contribution in [3.63, 3.8) is 0 Å². The lowest BCUT2D eigenvalue weighted by Crippen LogP contribution is -2.43. The van der Waals surface area contributed by atoms with Crippen LogP contribution in [0.25, 0.3) is 0 Å². The Kier molecular flexibility index (Phi) is 7.11. The van der Waals surface area contributed by atoms with Crippen molar-refractivity contribution in [2.45, 2.75) is 96.3 Å². The van der Waals surface area contributed by atoms with E-state index in [4.69, 9.17) is 0 Å². The van der Waals surface area contributed by atoms with E-state index < -0.39 is 0 Å². The number of hydrogen-bond acceptors (Lipinski definition) is 1. The zero-order valence-electron chi connectivity index (χ0n) is 14.8. The largest absolute Gasteiger partial charge is 0.316 e. The van der Waals surface area contributed by atoms with Crippen LogP contribution in [0.5, 0.6) is 0 Å². The van der Waals surface area contributed by atoms with E-state index in [0.29, 0.717) is 0 Å². The lowest BCUT2D eigenvalue weighted by Gasteiger charge is -2.43. The molecule has 0 aromatic carbocycles. The zero-order chi connectivity index (χ0) is 15.0. The zero-order valence-corrected chi connectivity index (χ0v) is 14.8. The smallest absolute Gasteiger partial charge is 0.00151 e. The molecule has 0 amide bonds. The number of hydrogen-bond donors (Lipinski definition) is 1. The second kappa shape index (κ2) is 9.30. The number of piperidine rings is 1. The van der Waals surface area contributed by atoms with Crippen LogP contribution in [0.15, 0.2) is 0 Å². The molecular weight excluding hydrogens is 266 g/mol. The minimum atomic E-state index is 1.01. The molecule has 0 spiro atoms. The molecule has 2 aliphatic carbocycles. The van der Waals surface area contributed by atoms with Crippen LogP contribution in [0.1, 0.15) is 96.3 Å². The molecule has 1 heterocycles. The molecule has 1 nitrogen and oxygen atoms in total. The van der Waals surface area contributed by atoms with Crippen LogP contribution in [0, 0.1) is 23.7 Å². The summed E-state index contributed by atoms with van der Waals surface area (Å²) in [5.41, 5.74) is 0. The van der Waals surface area contributed by atoms with Crippen LogP contribution in [0.2, 0.25) is 0 Å². The van der Waals surface area contributed by atoms with E-state index in [-0.39, 0.29) is 0 Å². The molecule has 0 bridgehead atoms. The van der Waals surface area contributed by atoms with Gasteiger partial charge in [0, 0.05) is 0 Å². The van der Waals surface area contributed by atoms with Gasteiger partial charge in [0.05, 0.1) is 0 Å². The van der Waals surface area contributed by atoms with Gasteiger partial charge in [-0.05, 0) is 43.2 Å². The van der Waals surface area contributed by atoms with E-state index in [1.807, 2.05) is 0 Å². The van der Waals surface area contributed by atoms with Gasteiger partial charge >= 0.3 is 0 Å². The highest BCUT2D eigenvalue weighted by molar-refractivity contribution is 4.88. The molecule has 1 heteroatoms. The van der Waals surface area contributed by atoms with E-state index in [1.54, 1.807) is 12.8 Å². The fourth-order valence-electron chi connectivity index (χ4n) is 5.84. The molecular formula is C21H39N. The monoisotopic (exact) mass is 305 g/mol. The molecule has 3 aliphatic rings. The average Bonchev–Trinajstić information content (AvgIpc) is 2.47. The molecule has 3 fully saturated rings. The van der Waals surface area contributed by atoms with Gasteiger partial charge in [-0.3, -0.25) is 0 Å². The van der Waals surface area contributed by atoms with Crippen LogP contribution < -0.4 is 5.32 Å². The van der Waals surface area contributed by atoms with Crippen molar-refractivity contribution in [2.24, 2.45) is 23.7 Å². The van der Waals surface area contributed by atoms with Crippen molar-refractivity contribution < 1.29 is 0 Å². The molecule has 1 N–H and O–H groups in total. The standard InChI is InChI=1S/C21H39N/c1-3-7-11-18(12-8-4-1)20-15-16-22-17-21(20)19-13-9-5-2-6-10-14-19/h18-22H,1-17H2. The van der Waals surface area contributed by atoms with Crippen LogP contribution in [-0.2, 0) is 0 Å². The van der Waals surface area contributed by atoms with Gasteiger partial charge in [-0.2, -0.15) is 0 Å². The second-order valence-electron chi connectivity index (χ2n) is 8.53. The summed E-state index contributed by atoms with van der Waals surface area (Å²) in [6.45, 7) is 2.64. The summed E-state index contributed by atoms with van der Waals surface area (Å²) in [4.78, 5) is 0. The van der Waals surface area contributed by atoms with Crippen molar-refractivity contribution in [3.8, 4) is 0 Å². The summed E-state index contributed by atoms with van der Waals surface area (Å²) in [5.74, 6) is 4.18. The second-order valence-corrected chi connectivity index (χ2v) is 8.53. The van der Waals surface area contributed by atoms with Crippen LogP contribution in [-0.4, -0.2) is 13.1 Å². The van der Waals surface area contributed by atoms with Gasteiger partial charge < -0.3 is 5.32 Å². The molecule has 2 saturated carbocycles. The molecule has 1 saturated heterocycles. The fourth-order valence-corrected chi connectivity index (χ4v) is 5.84. The van der Waals surface area contributed by atoms with Crippen molar-refractivity contribution in [3.05, 3.63) is 0 Å². The van der Waals surface area contributed by atoms with Crippen molar-refractivity contribution >= 4 is 0 Å². The maximum Gasteiger partial charge on any atom is -0.00151 e. The van der Waals surface area contributed by atoms with Crippen molar-refractivity contribution in [1.29, 1.82) is 0 Å². The summed E-state index contributed by atoms with van der Waals surface area (Å²) in [7, 11) is 0. The Labute approximate surface area is 139 Å². The van der Waals surface area contributed by atoms with Gasteiger partial charge in [0.2, 0.25) is 0 Å². The van der Waals surface area contributed by atoms with Crippen molar-refractivity contribution in [1.82, 2.24) is 5.32 Å². The Hall–Kier alpha value is -0.0400. The van der Waals surface area contributed by atoms with Gasteiger partial charge in [0.1, 0.15) is 0 Å². The third-order valence-corrected chi connectivity index (χ3v) is 7.10. The summed E-state index contributed by atoms with van der Waals surface area (Å²) in [6, 6.07) is 0. The maximum atomic E-state index is 3.77. The molecule has 0 aromatic heterocycles. The van der Waals surface area contributed by atoms with E-state index >= 15 is 0 Å². The number of nitrogens with one attached hydrogen (secondary N) is 1. The first-order valence-electron chi connectivity index (χ1n) is 10.7. The lowest BCUT2D eigenvalue weighted by atomic mass is 9.66. The quantitative estimate of drug-likeness (QED) is 0.666. The van der Waals surface area contributed by atoms with Gasteiger partial charge in [0.15, 0.2) is 0 Å². The predicted molar refractivity (Wildman–Crippen MR) is 96.1 cm³/mol. The third-order valence-electron chi connectivity index (χ3n) is 7.10. The Balaban J connectivity index is 1.63. The van der Waals surface area contributed by atoms with E-state index in [1.165, 1.54) is 96.6 Å². The highest BCUT2D eigenvalue weighted by Crippen LogP contribution is 2.42. The Morgan fingerprint density at radius 3 is 1.45 bits per heavy atom. The normalized spacial score (nSPS) is 34.4. The van der Waals surface area contributed by atoms with E-state index in [9.17, 15) is 0 Å². The van der Waals surface area contributed by atoms with Crippen LogP contribution in [0.3, 0.4) is 0 Å². The van der Waals surface area contributed by atoms with Gasteiger partial charge in [-0.1, -0.05) is 89.9 Å². The molecule has 22 heavy (non-hydrogen) atoms. The van der Waals surface area contributed by atoms with E-state index in [2.05, 4.69) is 5.32 Å². The highest BCUT2D eigenvalue weighted by atomic mass is 14.9. The first-order valence-corrected chi connectivity index (χ1v) is 10.7. The van der Waals surface area contributed by atoms with Gasteiger partial charge in [0.25, 0.3) is 0 Å². The molecule has 0 aromatic rings. The maximum absolute atomic E-state index is 3.77. The summed E-state index contributed by atoms with van der Waals surface area (Å²) in [6.07, 6.45) is 22.8. The Bertz CT molecular complexity index is 254. The summed E-state index contributed by atoms with van der Waals surface area (Å²) >= 11 is 0. The molecule has 0 radical (unpaired) electrons. The molecule has 128 valence electrons. The molecule has 2 unspecified atom stereocenters. The van der Waals surface area contributed by atoms with E-state index in [0.717, 1.165) is 23.7 Å². The Morgan fingerprint density at radius 1 is 0.455 bits per heavy atom. The highest BCUT2D eigenvalue weighted by Gasteiger charge is 2.35. The molecule has 1 aliphatic heterocycles. The van der Waals surface area contributed by atoms with Gasteiger partial charge in [-0.15, -0.1) is 0 Å².